The molecule has 0 amide bonds. The summed E-state index contributed by atoms with van der Waals surface area (Å²) in [6.07, 6.45) is 1.83. The number of aromatic nitrogens is 1. The van der Waals surface area contributed by atoms with Gasteiger partial charge in [0.05, 0.1) is 6.54 Å². The minimum absolute atomic E-state index is 0. The molecule has 4 nitrogen and oxygen atoms in total. The quantitative estimate of drug-likeness (QED) is 0.821. The maximum Gasteiger partial charge on any atom is 0.171 e. The monoisotopic (exact) mass is 343 g/mol. The molecule has 1 aromatic rings. The van der Waals surface area contributed by atoms with Crippen LogP contribution in [0, 0.1) is 0 Å². The molecule has 20 heavy (non-hydrogen) atoms. The molecule has 0 N–H and O–H groups in total. The molecule has 2 heterocycles. The average Bonchev–Trinajstić information content (AvgIpc) is 2.40. The van der Waals surface area contributed by atoms with Crippen LogP contribution in [0.15, 0.2) is 18.3 Å². The molecule has 1 aliphatic rings. The number of halogens is 3. The van der Waals surface area contributed by atoms with E-state index in [1.165, 1.54) is 0 Å². The van der Waals surface area contributed by atoms with Gasteiger partial charge in [0.25, 0.3) is 0 Å². The van der Waals surface area contributed by atoms with Gasteiger partial charge in [0.15, 0.2) is 11.6 Å². The number of hydrogen-bond donors (Lipinski definition) is 0. The lowest BCUT2D eigenvalue weighted by Gasteiger charge is -2.31. The summed E-state index contributed by atoms with van der Waals surface area (Å²) in [5.41, 5.74) is 0. The normalized spacial score (nSPS) is 12.4. The average molecular weight is 345 g/mol. The molecule has 0 aromatic carbocycles. The summed E-state index contributed by atoms with van der Waals surface area (Å²) in [6.45, 7) is 10.4. The van der Waals surface area contributed by atoms with Crippen LogP contribution in [-0.2, 0) is 0 Å². The molecule has 1 aromatic heterocycles. The third-order valence-electron chi connectivity index (χ3n) is 3.25. The van der Waals surface area contributed by atoms with Gasteiger partial charge in [0.2, 0.25) is 0 Å². The Morgan fingerprint density at radius 2 is 1.95 bits per heavy atom. The fourth-order valence-electron chi connectivity index (χ4n) is 2.12. The molecular formula is C13H24Cl3N3O. The third kappa shape index (κ3) is 5.52. The van der Waals surface area contributed by atoms with Crippen LogP contribution >= 0.6 is 37.2 Å². The van der Waals surface area contributed by atoms with Gasteiger partial charge in [0, 0.05) is 19.3 Å². The topological polar surface area (TPSA) is 28.6 Å². The molecule has 7 heteroatoms. The van der Waals surface area contributed by atoms with E-state index in [0.717, 1.165) is 50.9 Å². The van der Waals surface area contributed by atoms with E-state index in [1.54, 1.807) is 0 Å². The van der Waals surface area contributed by atoms with Gasteiger partial charge in [-0.05, 0) is 25.2 Å². The first-order valence-electron chi connectivity index (χ1n) is 6.40. The van der Waals surface area contributed by atoms with E-state index in [9.17, 15) is 0 Å². The molecule has 0 radical (unpaired) electrons. The Balaban J connectivity index is 0. The van der Waals surface area contributed by atoms with Gasteiger partial charge in [-0.25, -0.2) is 4.98 Å². The standard InChI is InChI=1S/C13H21N3O.3ClH/c1-3-15(4-2)8-9-16-10-11-17-12-6-5-7-14-13(12)16;;;/h5-7H,3-4,8-11H2,1-2H3;3*1H. The molecule has 0 fully saturated rings. The maximum atomic E-state index is 5.60. The van der Waals surface area contributed by atoms with E-state index < -0.39 is 0 Å². The van der Waals surface area contributed by atoms with Gasteiger partial charge in [-0.3, -0.25) is 0 Å². The van der Waals surface area contributed by atoms with Gasteiger partial charge < -0.3 is 14.5 Å². The number of nitrogens with zero attached hydrogens (tertiary/aromatic N) is 3. The maximum absolute atomic E-state index is 5.60. The van der Waals surface area contributed by atoms with E-state index in [4.69, 9.17) is 4.74 Å². The second-order valence-corrected chi connectivity index (χ2v) is 4.19. The largest absolute Gasteiger partial charge is 0.488 e. The summed E-state index contributed by atoms with van der Waals surface area (Å²) >= 11 is 0. The summed E-state index contributed by atoms with van der Waals surface area (Å²) in [7, 11) is 0. The molecule has 0 atom stereocenters. The molecule has 0 bridgehead atoms. The lowest BCUT2D eigenvalue weighted by Crippen LogP contribution is -2.39. The van der Waals surface area contributed by atoms with Gasteiger partial charge in [-0.15, -0.1) is 37.2 Å². The Morgan fingerprint density at radius 1 is 1.25 bits per heavy atom. The summed E-state index contributed by atoms with van der Waals surface area (Å²) < 4.78 is 5.60. The highest BCUT2D eigenvalue weighted by atomic mass is 35.5. The van der Waals surface area contributed by atoms with E-state index in [-0.39, 0.29) is 37.2 Å². The lowest BCUT2D eigenvalue weighted by molar-refractivity contribution is 0.284. The predicted octanol–water partition coefficient (Wildman–Crippen LogP) is 2.89. The van der Waals surface area contributed by atoms with E-state index in [0.29, 0.717) is 0 Å². The van der Waals surface area contributed by atoms with Crippen molar-refractivity contribution in [1.82, 2.24) is 9.88 Å². The van der Waals surface area contributed by atoms with Crippen molar-refractivity contribution in [2.75, 3.05) is 44.2 Å². The zero-order chi connectivity index (χ0) is 12.1. The molecule has 118 valence electrons. The SMILES string of the molecule is CCN(CC)CCN1CCOc2cccnc21.Cl.Cl.Cl. The van der Waals surface area contributed by atoms with E-state index >= 15 is 0 Å². The van der Waals surface area contributed by atoms with Gasteiger partial charge >= 0.3 is 0 Å². The highest BCUT2D eigenvalue weighted by molar-refractivity contribution is 5.86. The van der Waals surface area contributed by atoms with Crippen LogP contribution in [0.4, 0.5) is 5.82 Å². The molecule has 0 aliphatic carbocycles. The van der Waals surface area contributed by atoms with Crippen LogP contribution < -0.4 is 9.64 Å². The van der Waals surface area contributed by atoms with Crippen molar-refractivity contribution < 1.29 is 4.74 Å². The van der Waals surface area contributed by atoms with E-state index in [1.807, 2.05) is 18.3 Å². The van der Waals surface area contributed by atoms with Crippen molar-refractivity contribution >= 4 is 43.0 Å². The Kier molecular flexibility index (Phi) is 12.3. The van der Waals surface area contributed by atoms with Crippen molar-refractivity contribution in [3.05, 3.63) is 18.3 Å². The second kappa shape index (κ2) is 11.3. The lowest BCUT2D eigenvalue weighted by atomic mass is 10.3. The molecular weight excluding hydrogens is 321 g/mol. The molecule has 0 unspecified atom stereocenters. The van der Waals surface area contributed by atoms with Gasteiger partial charge in [-0.2, -0.15) is 0 Å². The Labute approximate surface area is 140 Å². The smallest absolute Gasteiger partial charge is 0.171 e. The van der Waals surface area contributed by atoms with Crippen molar-refractivity contribution in [2.45, 2.75) is 13.8 Å². The highest BCUT2D eigenvalue weighted by Gasteiger charge is 2.18. The van der Waals surface area contributed by atoms with Crippen molar-refractivity contribution in [2.24, 2.45) is 0 Å². The number of fused-ring (bicyclic) bond motifs is 1. The van der Waals surface area contributed by atoms with Crippen molar-refractivity contribution in [1.29, 1.82) is 0 Å². The number of hydrogen-bond acceptors (Lipinski definition) is 4. The Hall–Kier alpha value is -0.420. The molecule has 2 rings (SSSR count). The first kappa shape index (κ1) is 21.9. The summed E-state index contributed by atoms with van der Waals surface area (Å²) in [5.74, 6) is 1.91. The first-order valence-corrected chi connectivity index (χ1v) is 6.40. The molecule has 0 saturated carbocycles. The van der Waals surface area contributed by atoms with Gasteiger partial charge in [0.1, 0.15) is 6.61 Å². The zero-order valence-electron chi connectivity index (χ0n) is 11.9. The zero-order valence-corrected chi connectivity index (χ0v) is 14.4. The minimum Gasteiger partial charge on any atom is -0.488 e. The second-order valence-electron chi connectivity index (χ2n) is 4.19. The van der Waals surface area contributed by atoms with Crippen molar-refractivity contribution in [3.8, 4) is 5.75 Å². The Bertz CT molecular complexity index is 364. The summed E-state index contributed by atoms with van der Waals surface area (Å²) in [5, 5.41) is 0. The number of rotatable bonds is 5. The van der Waals surface area contributed by atoms with Crippen LogP contribution in [0.1, 0.15) is 13.8 Å². The Morgan fingerprint density at radius 3 is 2.60 bits per heavy atom. The predicted molar refractivity (Wildman–Crippen MR) is 91.5 cm³/mol. The van der Waals surface area contributed by atoms with Crippen LogP contribution in [0.3, 0.4) is 0 Å². The number of anilines is 1. The molecule has 0 spiro atoms. The van der Waals surface area contributed by atoms with Crippen LogP contribution in [-0.4, -0.2) is 49.2 Å². The number of likely N-dealkylation sites (N-methyl/N-ethyl adjacent to an activating group) is 1. The van der Waals surface area contributed by atoms with Crippen LogP contribution in [0.25, 0.3) is 0 Å². The van der Waals surface area contributed by atoms with Gasteiger partial charge in [-0.1, -0.05) is 13.8 Å². The van der Waals surface area contributed by atoms with Crippen LogP contribution in [0.2, 0.25) is 0 Å². The first-order chi connectivity index (χ1) is 8.35. The number of pyridine rings is 1. The fourth-order valence-corrected chi connectivity index (χ4v) is 2.12. The summed E-state index contributed by atoms with van der Waals surface area (Å²) in [6, 6.07) is 3.92. The minimum atomic E-state index is 0. The van der Waals surface area contributed by atoms with E-state index in [2.05, 4.69) is 28.6 Å². The van der Waals surface area contributed by atoms with Crippen LogP contribution in [0.5, 0.6) is 5.75 Å². The molecule has 1 aliphatic heterocycles. The fraction of sp³-hybridized carbons (Fsp3) is 0.615. The van der Waals surface area contributed by atoms with Crippen molar-refractivity contribution in [3.63, 3.8) is 0 Å². The molecule has 0 saturated heterocycles. The summed E-state index contributed by atoms with van der Waals surface area (Å²) in [4.78, 5) is 9.16. The highest BCUT2D eigenvalue weighted by Crippen LogP contribution is 2.27. The number of ether oxygens (including phenoxy) is 1. The third-order valence-corrected chi connectivity index (χ3v) is 3.25.